The minimum absolute atomic E-state index is 0.0237. The van der Waals surface area contributed by atoms with Crippen LogP contribution in [0.15, 0.2) is 34.7 Å². The van der Waals surface area contributed by atoms with Gasteiger partial charge in [0.25, 0.3) is 5.91 Å². The van der Waals surface area contributed by atoms with Crippen molar-refractivity contribution in [3.8, 4) is 10.7 Å². The van der Waals surface area contributed by atoms with Gasteiger partial charge in [-0.1, -0.05) is 6.07 Å². The monoisotopic (exact) mass is 464 g/mol. The van der Waals surface area contributed by atoms with Crippen molar-refractivity contribution >= 4 is 38.6 Å². The summed E-state index contributed by atoms with van der Waals surface area (Å²) in [5.74, 6) is 0.0237. The van der Waals surface area contributed by atoms with Crippen LogP contribution in [0, 0.1) is 6.92 Å². The number of thiazole rings is 1. The largest absolute Gasteiger partial charge is 0.347 e. The predicted octanol–water partition coefficient (Wildman–Crippen LogP) is 3.62. The Bertz CT molecular complexity index is 1140. The van der Waals surface area contributed by atoms with Crippen LogP contribution in [0.3, 0.4) is 0 Å². The first-order valence-electron chi connectivity index (χ1n) is 9.80. The van der Waals surface area contributed by atoms with Crippen molar-refractivity contribution < 1.29 is 13.2 Å². The van der Waals surface area contributed by atoms with Gasteiger partial charge in [-0.25, -0.2) is 18.1 Å². The van der Waals surface area contributed by atoms with E-state index in [4.69, 9.17) is 0 Å². The SMILES string of the molecule is Cc1nc(-c2cc(S(=O)(=O)NCc3cccs3)cn2C)sc1C(=O)N1CCCCC1. The molecule has 1 aliphatic rings. The molecular weight excluding hydrogens is 440 g/mol. The summed E-state index contributed by atoms with van der Waals surface area (Å²) in [4.78, 5) is 21.1. The van der Waals surface area contributed by atoms with E-state index in [1.807, 2.05) is 29.3 Å². The molecule has 3 aromatic rings. The van der Waals surface area contributed by atoms with Gasteiger partial charge >= 0.3 is 0 Å². The molecule has 3 aromatic heterocycles. The summed E-state index contributed by atoms with van der Waals surface area (Å²) in [6, 6.07) is 5.40. The standard InChI is InChI=1S/C20H24N4O3S3/c1-14-18(20(25)24-8-4-3-5-9-24)29-19(22-14)17-11-16(13-23(17)2)30(26,27)21-12-15-7-6-10-28-15/h6-7,10-11,13,21H,3-5,8-9,12H2,1-2H3. The summed E-state index contributed by atoms with van der Waals surface area (Å²) >= 11 is 2.83. The zero-order chi connectivity index (χ0) is 21.3. The maximum absolute atomic E-state index is 12.9. The highest BCUT2D eigenvalue weighted by molar-refractivity contribution is 7.89. The maximum atomic E-state index is 12.9. The molecule has 1 N–H and O–H groups in total. The van der Waals surface area contributed by atoms with Crippen LogP contribution in [0.25, 0.3) is 10.7 Å². The van der Waals surface area contributed by atoms with Crippen LogP contribution in [0.4, 0.5) is 0 Å². The van der Waals surface area contributed by atoms with Gasteiger partial charge in [0, 0.05) is 37.8 Å². The molecule has 1 saturated heterocycles. The Morgan fingerprint density at radius 3 is 2.73 bits per heavy atom. The number of amides is 1. The number of hydrogen-bond acceptors (Lipinski definition) is 6. The first kappa shape index (κ1) is 21.2. The summed E-state index contributed by atoms with van der Waals surface area (Å²) in [5.41, 5.74) is 1.37. The molecule has 0 spiro atoms. The van der Waals surface area contributed by atoms with Gasteiger partial charge < -0.3 is 9.47 Å². The molecule has 0 saturated carbocycles. The average Bonchev–Trinajstić information content (AvgIpc) is 3.47. The number of carbonyl (C=O) groups is 1. The van der Waals surface area contributed by atoms with E-state index in [2.05, 4.69) is 9.71 Å². The number of nitrogens with zero attached hydrogens (tertiary/aromatic N) is 3. The van der Waals surface area contributed by atoms with E-state index in [0.29, 0.717) is 21.3 Å². The Morgan fingerprint density at radius 1 is 1.27 bits per heavy atom. The lowest BCUT2D eigenvalue weighted by molar-refractivity contribution is 0.0728. The highest BCUT2D eigenvalue weighted by Crippen LogP contribution is 2.31. The molecule has 0 unspecified atom stereocenters. The minimum Gasteiger partial charge on any atom is -0.347 e. The van der Waals surface area contributed by atoms with Gasteiger partial charge in [0.05, 0.1) is 11.4 Å². The molecule has 7 nitrogen and oxygen atoms in total. The molecule has 10 heteroatoms. The van der Waals surface area contributed by atoms with Crippen molar-refractivity contribution in [2.24, 2.45) is 7.05 Å². The molecule has 30 heavy (non-hydrogen) atoms. The van der Waals surface area contributed by atoms with E-state index in [-0.39, 0.29) is 17.3 Å². The number of hydrogen-bond donors (Lipinski definition) is 1. The molecule has 0 atom stereocenters. The van der Waals surface area contributed by atoms with E-state index in [1.54, 1.807) is 23.9 Å². The molecule has 0 radical (unpaired) electrons. The summed E-state index contributed by atoms with van der Waals surface area (Å²) in [6.45, 7) is 3.66. The number of nitrogens with one attached hydrogen (secondary N) is 1. The molecule has 0 bridgehead atoms. The number of sulfonamides is 1. The van der Waals surface area contributed by atoms with E-state index in [9.17, 15) is 13.2 Å². The van der Waals surface area contributed by atoms with Crippen molar-refractivity contribution in [2.75, 3.05) is 13.1 Å². The van der Waals surface area contributed by atoms with Gasteiger partial charge in [-0.15, -0.1) is 22.7 Å². The summed E-state index contributed by atoms with van der Waals surface area (Å²) < 4.78 is 29.8. The molecule has 4 rings (SSSR count). The molecule has 0 aromatic carbocycles. The Labute approximate surface area is 184 Å². The van der Waals surface area contributed by atoms with Crippen molar-refractivity contribution in [3.63, 3.8) is 0 Å². The summed E-state index contributed by atoms with van der Waals surface area (Å²) in [5, 5.41) is 2.56. The molecular formula is C20H24N4O3S3. The fourth-order valence-electron chi connectivity index (χ4n) is 3.50. The number of aryl methyl sites for hydroxylation is 2. The van der Waals surface area contributed by atoms with Gasteiger partial charge in [0.2, 0.25) is 10.0 Å². The lowest BCUT2D eigenvalue weighted by Crippen LogP contribution is -2.35. The molecule has 160 valence electrons. The van der Waals surface area contributed by atoms with E-state index < -0.39 is 10.0 Å². The molecule has 4 heterocycles. The number of likely N-dealkylation sites (tertiary alicyclic amines) is 1. The Balaban J connectivity index is 1.56. The van der Waals surface area contributed by atoms with Gasteiger partial charge in [-0.05, 0) is 43.7 Å². The van der Waals surface area contributed by atoms with Gasteiger partial charge in [0.1, 0.15) is 14.8 Å². The number of rotatable bonds is 6. The quantitative estimate of drug-likeness (QED) is 0.604. The fraction of sp³-hybridized carbons (Fsp3) is 0.400. The highest BCUT2D eigenvalue weighted by atomic mass is 32.2. The number of thiophene rings is 1. The van der Waals surface area contributed by atoms with Crippen LogP contribution in [-0.4, -0.2) is 41.9 Å². The maximum Gasteiger partial charge on any atom is 0.265 e. The lowest BCUT2D eigenvalue weighted by Gasteiger charge is -2.26. The van der Waals surface area contributed by atoms with Gasteiger partial charge in [-0.2, -0.15) is 0 Å². The second-order valence-electron chi connectivity index (χ2n) is 7.36. The third-order valence-corrected chi connectivity index (χ3v) is 8.57. The van der Waals surface area contributed by atoms with Crippen molar-refractivity contribution in [3.05, 3.63) is 45.2 Å². The normalized spacial score (nSPS) is 14.9. The molecule has 0 aliphatic carbocycles. The third kappa shape index (κ3) is 4.36. The molecule has 1 fully saturated rings. The van der Waals surface area contributed by atoms with Crippen LogP contribution in [0.2, 0.25) is 0 Å². The lowest BCUT2D eigenvalue weighted by atomic mass is 10.1. The average molecular weight is 465 g/mol. The first-order chi connectivity index (χ1) is 14.3. The number of aromatic nitrogens is 2. The summed E-state index contributed by atoms with van der Waals surface area (Å²) in [6.07, 6.45) is 4.81. The zero-order valence-corrected chi connectivity index (χ0v) is 19.4. The summed E-state index contributed by atoms with van der Waals surface area (Å²) in [7, 11) is -1.86. The van der Waals surface area contributed by atoms with Gasteiger partial charge in [-0.3, -0.25) is 4.79 Å². The van der Waals surface area contributed by atoms with E-state index >= 15 is 0 Å². The van der Waals surface area contributed by atoms with Gasteiger partial charge in [0.15, 0.2) is 0 Å². The molecule has 1 aliphatic heterocycles. The second-order valence-corrected chi connectivity index (χ2v) is 11.2. The zero-order valence-electron chi connectivity index (χ0n) is 16.9. The van der Waals surface area contributed by atoms with Crippen LogP contribution in [0.5, 0.6) is 0 Å². The second kappa shape index (κ2) is 8.62. The van der Waals surface area contributed by atoms with Crippen LogP contribution in [-0.2, 0) is 23.6 Å². The number of piperidine rings is 1. The molecule has 1 amide bonds. The highest BCUT2D eigenvalue weighted by Gasteiger charge is 2.25. The van der Waals surface area contributed by atoms with Crippen molar-refractivity contribution in [2.45, 2.75) is 37.6 Å². The topological polar surface area (TPSA) is 84.3 Å². The van der Waals surface area contributed by atoms with Crippen LogP contribution < -0.4 is 4.72 Å². The van der Waals surface area contributed by atoms with Crippen molar-refractivity contribution in [1.82, 2.24) is 19.2 Å². The smallest absolute Gasteiger partial charge is 0.265 e. The van der Waals surface area contributed by atoms with Crippen molar-refractivity contribution in [1.29, 1.82) is 0 Å². The van der Waals surface area contributed by atoms with Crippen LogP contribution >= 0.6 is 22.7 Å². The fourth-order valence-corrected chi connectivity index (χ4v) is 6.41. The number of carbonyl (C=O) groups excluding carboxylic acids is 1. The Kier molecular flexibility index (Phi) is 6.10. The van der Waals surface area contributed by atoms with E-state index in [0.717, 1.165) is 37.2 Å². The minimum atomic E-state index is -3.65. The predicted molar refractivity (Wildman–Crippen MR) is 119 cm³/mol. The Morgan fingerprint density at radius 2 is 2.03 bits per heavy atom. The third-order valence-electron chi connectivity index (χ3n) is 5.16. The first-order valence-corrected chi connectivity index (χ1v) is 13.0. The van der Waals surface area contributed by atoms with Crippen LogP contribution in [0.1, 0.15) is 39.5 Å². The van der Waals surface area contributed by atoms with E-state index in [1.165, 1.54) is 22.7 Å². The Hall–Kier alpha value is -2.01.